The number of phenolic OH excluding ortho intramolecular Hbond substituents is 2. The van der Waals surface area contributed by atoms with Crippen molar-refractivity contribution in [2.45, 2.75) is 57.2 Å². The zero-order valence-electron chi connectivity index (χ0n) is 12.9. The summed E-state index contributed by atoms with van der Waals surface area (Å²) in [5.74, 6) is 1.07. The predicted octanol–water partition coefficient (Wildman–Crippen LogP) is 2.29. The van der Waals surface area contributed by atoms with E-state index < -0.39 is 12.2 Å². The third-order valence-electron chi connectivity index (χ3n) is 6.79. The van der Waals surface area contributed by atoms with Crippen molar-refractivity contribution in [2.75, 3.05) is 0 Å². The van der Waals surface area contributed by atoms with E-state index in [1.54, 1.807) is 12.1 Å². The van der Waals surface area contributed by atoms with Gasteiger partial charge in [0.15, 0.2) is 11.5 Å². The van der Waals surface area contributed by atoms with Gasteiger partial charge in [0.1, 0.15) is 0 Å². The van der Waals surface area contributed by atoms with Gasteiger partial charge in [-0.1, -0.05) is 6.92 Å². The van der Waals surface area contributed by atoms with Crippen LogP contribution in [0.4, 0.5) is 0 Å². The molecule has 4 rings (SSSR count). The number of aliphatic hydroxyl groups excluding tert-OH is 2. The third kappa shape index (κ3) is 1.77. The lowest BCUT2D eigenvalue weighted by molar-refractivity contribution is -0.0505. The highest BCUT2D eigenvalue weighted by Crippen LogP contribution is 2.61. The highest BCUT2D eigenvalue weighted by atomic mass is 16.3. The Morgan fingerprint density at radius 1 is 1.09 bits per heavy atom. The van der Waals surface area contributed by atoms with Crippen molar-refractivity contribution in [1.29, 1.82) is 0 Å². The van der Waals surface area contributed by atoms with Gasteiger partial charge in [-0.3, -0.25) is 0 Å². The summed E-state index contributed by atoms with van der Waals surface area (Å²) in [5.41, 5.74) is 2.11. The standard InChI is InChI=1S/C18H24O4/c1-18-5-4-10-11(13(18)8-16(21)17(18)22)3-2-9-6-14(19)15(20)7-12(9)10/h6-7,10-11,13,16-17,19-22H,2-5,8H2,1H3/t10-,11-,13+,16+,17-,18-/m0/s1. The number of phenols is 2. The second-order valence-corrected chi connectivity index (χ2v) is 7.75. The molecular formula is C18H24O4. The Bertz CT molecular complexity index is 613. The molecule has 2 saturated carbocycles. The van der Waals surface area contributed by atoms with Crippen LogP contribution >= 0.6 is 0 Å². The Balaban J connectivity index is 1.73. The molecule has 2 fully saturated rings. The molecule has 0 unspecified atom stereocenters. The highest BCUT2D eigenvalue weighted by Gasteiger charge is 2.57. The van der Waals surface area contributed by atoms with E-state index in [4.69, 9.17) is 0 Å². The minimum Gasteiger partial charge on any atom is -0.504 e. The van der Waals surface area contributed by atoms with Crippen LogP contribution in [0.15, 0.2) is 12.1 Å². The van der Waals surface area contributed by atoms with Crippen LogP contribution in [0.5, 0.6) is 11.5 Å². The van der Waals surface area contributed by atoms with Crippen molar-refractivity contribution in [2.24, 2.45) is 17.3 Å². The monoisotopic (exact) mass is 304 g/mol. The second kappa shape index (κ2) is 4.62. The number of aliphatic hydroxyl groups is 2. The van der Waals surface area contributed by atoms with E-state index in [2.05, 4.69) is 6.92 Å². The zero-order chi connectivity index (χ0) is 15.6. The SMILES string of the molecule is C[C@]12CC[C@@H]3c4cc(O)c(O)cc4CC[C@@H]3[C@H]1C[C@@H](O)[C@@H]2O. The lowest BCUT2D eigenvalue weighted by Crippen LogP contribution is -2.44. The lowest BCUT2D eigenvalue weighted by atomic mass is 9.55. The molecule has 4 N–H and O–H groups in total. The molecule has 0 amide bonds. The van der Waals surface area contributed by atoms with E-state index in [0.717, 1.165) is 36.8 Å². The number of aromatic hydroxyl groups is 2. The maximum absolute atomic E-state index is 10.4. The second-order valence-electron chi connectivity index (χ2n) is 7.75. The summed E-state index contributed by atoms with van der Waals surface area (Å²) in [6, 6.07) is 3.43. The molecular weight excluding hydrogens is 280 g/mol. The van der Waals surface area contributed by atoms with Gasteiger partial charge in [0, 0.05) is 0 Å². The first-order valence-corrected chi connectivity index (χ1v) is 8.32. The van der Waals surface area contributed by atoms with E-state index in [9.17, 15) is 20.4 Å². The fourth-order valence-corrected chi connectivity index (χ4v) is 5.58. The number of hydrogen-bond donors (Lipinski definition) is 4. The van der Waals surface area contributed by atoms with Crippen molar-refractivity contribution in [3.63, 3.8) is 0 Å². The van der Waals surface area contributed by atoms with Crippen LogP contribution in [0.1, 0.15) is 49.7 Å². The van der Waals surface area contributed by atoms with Gasteiger partial charge in [0.2, 0.25) is 0 Å². The van der Waals surface area contributed by atoms with Gasteiger partial charge in [0.05, 0.1) is 12.2 Å². The Hall–Kier alpha value is -1.26. The third-order valence-corrected chi connectivity index (χ3v) is 6.79. The topological polar surface area (TPSA) is 80.9 Å². The van der Waals surface area contributed by atoms with Crippen LogP contribution in [-0.2, 0) is 6.42 Å². The summed E-state index contributed by atoms with van der Waals surface area (Å²) in [7, 11) is 0. The number of aryl methyl sites for hydroxylation is 1. The Morgan fingerprint density at radius 3 is 2.59 bits per heavy atom. The van der Waals surface area contributed by atoms with Crippen LogP contribution in [0.25, 0.3) is 0 Å². The molecule has 3 aliphatic carbocycles. The van der Waals surface area contributed by atoms with Crippen LogP contribution in [0.2, 0.25) is 0 Å². The van der Waals surface area contributed by atoms with Gasteiger partial charge in [0.25, 0.3) is 0 Å². The van der Waals surface area contributed by atoms with Crippen LogP contribution in [0.3, 0.4) is 0 Å². The Morgan fingerprint density at radius 2 is 1.82 bits per heavy atom. The molecule has 120 valence electrons. The number of fused-ring (bicyclic) bond motifs is 5. The van der Waals surface area contributed by atoms with Crippen molar-refractivity contribution < 1.29 is 20.4 Å². The van der Waals surface area contributed by atoms with Crippen LogP contribution in [0, 0.1) is 17.3 Å². The van der Waals surface area contributed by atoms with E-state index >= 15 is 0 Å². The van der Waals surface area contributed by atoms with Gasteiger partial charge in [-0.2, -0.15) is 0 Å². The largest absolute Gasteiger partial charge is 0.504 e. The number of benzene rings is 1. The summed E-state index contributed by atoms with van der Waals surface area (Å²) in [6.45, 7) is 2.12. The first kappa shape index (κ1) is 14.3. The van der Waals surface area contributed by atoms with Crippen molar-refractivity contribution in [3.8, 4) is 11.5 Å². The minimum atomic E-state index is -0.618. The number of rotatable bonds is 0. The average Bonchev–Trinajstić information content (AvgIpc) is 2.72. The predicted molar refractivity (Wildman–Crippen MR) is 81.8 cm³/mol. The maximum atomic E-state index is 10.4. The average molecular weight is 304 g/mol. The fourth-order valence-electron chi connectivity index (χ4n) is 5.58. The molecule has 1 aromatic carbocycles. The fraction of sp³-hybridized carbons (Fsp3) is 0.667. The zero-order valence-corrected chi connectivity index (χ0v) is 12.9. The maximum Gasteiger partial charge on any atom is 0.157 e. The summed E-state index contributed by atoms with van der Waals surface area (Å²) < 4.78 is 0. The quantitative estimate of drug-likeness (QED) is 0.554. The Kier molecular flexibility index (Phi) is 3.01. The van der Waals surface area contributed by atoms with E-state index in [1.807, 2.05) is 0 Å². The van der Waals surface area contributed by atoms with Gasteiger partial charge < -0.3 is 20.4 Å². The van der Waals surface area contributed by atoms with E-state index in [1.165, 1.54) is 0 Å². The van der Waals surface area contributed by atoms with Crippen LogP contribution < -0.4 is 0 Å². The smallest absolute Gasteiger partial charge is 0.157 e. The molecule has 4 heteroatoms. The highest BCUT2D eigenvalue weighted by molar-refractivity contribution is 5.48. The molecule has 0 heterocycles. The van der Waals surface area contributed by atoms with E-state index in [0.29, 0.717) is 24.2 Å². The van der Waals surface area contributed by atoms with Crippen molar-refractivity contribution >= 4 is 0 Å². The molecule has 0 radical (unpaired) electrons. The molecule has 0 saturated heterocycles. The number of hydrogen-bond acceptors (Lipinski definition) is 4. The van der Waals surface area contributed by atoms with Gasteiger partial charge in [-0.05, 0) is 78.5 Å². The lowest BCUT2D eigenvalue weighted by Gasteiger charge is -2.49. The van der Waals surface area contributed by atoms with Gasteiger partial charge in [-0.25, -0.2) is 0 Å². The summed E-state index contributed by atoms with van der Waals surface area (Å²) >= 11 is 0. The molecule has 1 aromatic rings. The molecule has 6 atom stereocenters. The minimum absolute atomic E-state index is 0.0374. The van der Waals surface area contributed by atoms with Gasteiger partial charge >= 0.3 is 0 Å². The summed E-state index contributed by atoms with van der Waals surface area (Å²) in [4.78, 5) is 0. The summed E-state index contributed by atoms with van der Waals surface area (Å²) in [5, 5.41) is 40.1. The van der Waals surface area contributed by atoms with Crippen molar-refractivity contribution in [1.82, 2.24) is 0 Å². The molecule has 0 bridgehead atoms. The molecule has 4 nitrogen and oxygen atoms in total. The molecule has 0 spiro atoms. The molecule has 3 aliphatic rings. The molecule has 0 aromatic heterocycles. The van der Waals surface area contributed by atoms with Crippen LogP contribution in [-0.4, -0.2) is 32.6 Å². The van der Waals surface area contributed by atoms with Crippen molar-refractivity contribution in [3.05, 3.63) is 23.3 Å². The molecule has 22 heavy (non-hydrogen) atoms. The Labute approximate surface area is 130 Å². The van der Waals surface area contributed by atoms with E-state index in [-0.39, 0.29) is 16.9 Å². The van der Waals surface area contributed by atoms with Gasteiger partial charge in [-0.15, -0.1) is 0 Å². The normalized spacial score (nSPS) is 43.3. The first-order chi connectivity index (χ1) is 10.4. The molecule has 0 aliphatic heterocycles. The first-order valence-electron chi connectivity index (χ1n) is 8.32. The summed E-state index contributed by atoms with van der Waals surface area (Å²) in [6.07, 6.45) is 3.25.